The molecule has 1 amide bonds. The van der Waals surface area contributed by atoms with Gasteiger partial charge in [0.25, 0.3) is 0 Å². The SMILES string of the molecule is CNC(=O)CCN(C)c1ccc(CN)c(Br)c1. The van der Waals surface area contributed by atoms with Gasteiger partial charge in [-0.3, -0.25) is 4.79 Å². The fourth-order valence-corrected chi connectivity index (χ4v) is 1.99. The fourth-order valence-electron chi connectivity index (χ4n) is 1.46. The van der Waals surface area contributed by atoms with Crippen molar-refractivity contribution in [3.63, 3.8) is 0 Å². The van der Waals surface area contributed by atoms with Gasteiger partial charge in [0, 0.05) is 43.8 Å². The van der Waals surface area contributed by atoms with Crippen LogP contribution in [0.1, 0.15) is 12.0 Å². The lowest BCUT2D eigenvalue weighted by Gasteiger charge is -2.19. The molecule has 0 atom stereocenters. The summed E-state index contributed by atoms with van der Waals surface area (Å²) in [5.41, 5.74) is 7.74. The summed E-state index contributed by atoms with van der Waals surface area (Å²) in [6, 6.07) is 6.03. The number of halogens is 1. The van der Waals surface area contributed by atoms with Crippen LogP contribution < -0.4 is 16.0 Å². The minimum Gasteiger partial charge on any atom is -0.374 e. The number of hydrogen-bond donors (Lipinski definition) is 2. The van der Waals surface area contributed by atoms with Crippen molar-refractivity contribution >= 4 is 27.5 Å². The van der Waals surface area contributed by atoms with E-state index in [9.17, 15) is 4.79 Å². The smallest absolute Gasteiger partial charge is 0.221 e. The zero-order valence-corrected chi connectivity index (χ0v) is 11.8. The second kappa shape index (κ2) is 6.61. The van der Waals surface area contributed by atoms with Crippen LogP contribution in [0.3, 0.4) is 0 Å². The van der Waals surface area contributed by atoms with Crippen LogP contribution in [0.15, 0.2) is 22.7 Å². The van der Waals surface area contributed by atoms with Crippen LogP contribution in [0.4, 0.5) is 5.69 Å². The molecule has 4 nitrogen and oxygen atoms in total. The Morgan fingerprint density at radius 1 is 1.53 bits per heavy atom. The topological polar surface area (TPSA) is 58.4 Å². The summed E-state index contributed by atoms with van der Waals surface area (Å²) in [6.07, 6.45) is 0.489. The number of anilines is 1. The number of nitrogens with two attached hydrogens (primary N) is 1. The Hall–Kier alpha value is -1.07. The molecule has 94 valence electrons. The standard InChI is InChI=1S/C12H18BrN3O/c1-15-12(17)5-6-16(2)10-4-3-9(8-14)11(13)7-10/h3-4,7H,5-6,8,14H2,1-2H3,(H,15,17). The number of hydrogen-bond acceptors (Lipinski definition) is 3. The third-order valence-corrected chi connectivity index (χ3v) is 3.39. The van der Waals surface area contributed by atoms with Crippen molar-refractivity contribution in [3.05, 3.63) is 28.2 Å². The molecule has 0 unspecified atom stereocenters. The second-order valence-corrected chi connectivity index (χ2v) is 4.68. The first kappa shape index (κ1) is 14.0. The van der Waals surface area contributed by atoms with Crippen LogP contribution in [0.5, 0.6) is 0 Å². The van der Waals surface area contributed by atoms with Gasteiger partial charge in [-0.25, -0.2) is 0 Å². The van der Waals surface area contributed by atoms with Crippen LogP contribution in [0, 0.1) is 0 Å². The summed E-state index contributed by atoms with van der Waals surface area (Å²) >= 11 is 3.48. The highest BCUT2D eigenvalue weighted by Crippen LogP contribution is 2.23. The molecule has 0 radical (unpaired) electrons. The molecule has 1 aromatic carbocycles. The number of carbonyl (C=O) groups excluding carboxylic acids is 1. The summed E-state index contributed by atoms with van der Waals surface area (Å²) in [7, 11) is 3.61. The molecule has 0 heterocycles. The average Bonchev–Trinajstić information content (AvgIpc) is 2.35. The predicted octanol–water partition coefficient (Wildman–Crippen LogP) is 1.48. The predicted molar refractivity (Wildman–Crippen MR) is 74.0 cm³/mol. The van der Waals surface area contributed by atoms with Gasteiger partial charge < -0.3 is 16.0 Å². The van der Waals surface area contributed by atoms with Gasteiger partial charge in [0.1, 0.15) is 0 Å². The van der Waals surface area contributed by atoms with E-state index in [-0.39, 0.29) is 5.91 Å². The monoisotopic (exact) mass is 299 g/mol. The maximum atomic E-state index is 11.2. The Morgan fingerprint density at radius 3 is 2.76 bits per heavy atom. The molecule has 0 aliphatic carbocycles. The second-order valence-electron chi connectivity index (χ2n) is 3.82. The van der Waals surface area contributed by atoms with E-state index in [0.29, 0.717) is 19.5 Å². The zero-order chi connectivity index (χ0) is 12.8. The van der Waals surface area contributed by atoms with E-state index in [1.165, 1.54) is 0 Å². The van der Waals surface area contributed by atoms with Gasteiger partial charge >= 0.3 is 0 Å². The molecular weight excluding hydrogens is 282 g/mol. The van der Waals surface area contributed by atoms with E-state index >= 15 is 0 Å². The van der Waals surface area contributed by atoms with Crippen LogP contribution in [-0.2, 0) is 11.3 Å². The molecule has 0 fully saturated rings. The number of nitrogens with zero attached hydrogens (tertiary/aromatic N) is 1. The van der Waals surface area contributed by atoms with Crippen molar-refractivity contribution in [2.75, 3.05) is 25.5 Å². The first-order valence-electron chi connectivity index (χ1n) is 5.48. The molecule has 0 aliphatic heterocycles. The third-order valence-electron chi connectivity index (χ3n) is 2.65. The molecular formula is C12H18BrN3O. The lowest BCUT2D eigenvalue weighted by Crippen LogP contribution is -2.26. The van der Waals surface area contributed by atoms with Crippen LogP contribution in [-0.4, -0.2) is 26.5 Å². The quantitative estimate of drug-likeness (QED) is 0.866. The summed E-state index contributed by atoms with van der Waals surface area (Å²) in [5, 5.41) is 2.61. The Kier molecular flexibility index (Phi) is 5.44. The lowest BCUT2D eigenvalue weighted by atomic mass is 10.2. The van der Waals surface area contributed by atoms with E-state index in [0.717, 1.165) is 15.7 Å². The Balaban J connectivity index is 2.66. The molecule has 0 bridgehead atoms. The van der Waals surface area contributed by atoms with Gasteiger partial charge in [0.2, 0.25) is 5.91 Å². The number of rotatable bonds is 5. The summed E-state index contributed by atoms with van der Waals surface area (Å²) in [6.45, 7) is 1.21. The summed E-state index contributed by atoms with van der Waals surface area (Å²) < 4.78 is 1.00. The van der Waals surface area contributed by atoms with Gasteiger partial charge in [-0.1, -0.05) is 22.0 Å². The zero-order valence-electron chi connectivity index (χ0n) is 10.2. The van der Waals surface area contributed by atoms with E-state index in [1.807, 2.05) is 30.1 Å². The van der Waals surface area contributed by atoms with Gasteiger partial charge in [0.05, 0.1) is 0 Å². The normalized spacial score (nSPS) is 10.1. The molecule has 0 aromatic heterocycles. The molecule has 5 heteroatoms. The van der Waals surface area contributed by atoms with Crippen molar-refractivity contribution in [3.8, 4) is 0 Å². The van der Waals surface area contributed by atoms with Gasteiger partial charge in [-0.2, -0.15) is 0 Å². The summed E-state index contributed by atoms with van der Waals surface area (Å²) in [4.78, 5) is 13.2. The highest BCUT2D eigenvalue weighted by atomic mass is 79.9. The van der Waals surface area contributed by atoms with E-state index in [1.54, 1.807) is 7.05 Å². The minimum atomic E-state index is 0.0505. The first-order valence-corrected chi connectivity index (χ1v) is 6.28. The Morgan fingerprint density at radius 2 is 2.24 bits per heavy atom. The summed E-state index contributed by atoms with van der Waals surface area (Å²) in [5.74, 6) is 0.0505. The average molecular weight is 300 g/mol. The molecule has 17 heavy (non-hydrogen) atoms. The molecule has 0 saturated carbocycles. The largest absolute Gasteiger partial charge is 0.374 e. The number of nitrogens with one attached hydrogen (secondary N) is 1. The molecule has 0 spiro atoms. The fraction of sp³-hybridized carbons (Fsp3) is 0.417. The van der Waals surface area contributed by atoms with Crippen molar-refractivity contribution in [1.29, 1.82) is 0 Å². The minimum absolute atomic E-state index is 0.0505. The maximum absolute atomic E-state index is 11.2. The van der Waals surface area contributed by atoms with Gasteiger partial charge in [0.15, 0.2) is 0 Å². The Labute approximate surface area is 110 Å². The Bertz CT molecular complexity index is 395. The first-order chi connectivity index (χ1) is 8.08. The van der Waals surface area contributed by atoms with Crippen molar-refractivity contribution in [2.24, 2.45) is 5.73 Å². The molecule has 1 rings (SSSR count). The lowest BCUT2D eigenvalue weighted by molar-refractivity contribution is -0.120. The molecule has 0 saturated heterocycles. The van der Waals surface area contributed by atoms with Crippen LogP contribution in [0.2, 0.25) is 0 Å². The number of amides is 1. The molecule has 1 aromatic rings. The van der Waals surface area contributed by atoms with Crippen LogP contribution >= 0.6 is 15.9 Å². The van der Waals surface area contributed by atoms with Gasteiger partial charge in [-0.15, -0.1) is 0 Å². The van der Waals surface area contributed by atoms with E-state index in [4.69, 9.17) is 5.73 Å². The van der Waals surface area contributed by atoms with E-state index < -0.39 is 0 Å². The van der Waals surface area contributed by atoms with Crippen molar-refractivity contribution in [2.45, 2.75) is 13.0 Å². The van der Waals surface area contributed by atoms with Crippen molar-refractivity contribution < 1.29 is 4.79 Å². The van der Waals surface area contributed by atoms with E-state index in [2.05, 4.69) is 21.2 Å². The molecule has 3 N–H and O–H groups in total. The highest BCUT2D eigenvalue weighted by molar-refractivity contribution is 9.10. The van der Waals surface area contributed by atoms with Crippen molar-refractivity contribution in [1.82, 2.24) is 5.32 Å². The van der Waals surface area contributed by atoms with Gasteiger partial charge in [-0.05, 0) is 17.7 Å². The third kappa shape index (κ3) is 4.02. The number of carbonyl (C=O) groups is 1. The highest BCUT2D eigenvalue weighted by Gasteiger charge is 2.06. The number of benzene rings is 1. The van der Waals surface area contributed by atoms with Crippen LogP contribution in [0.25, 0.3) is 0 Å². The maximum Gasteiger partial charge on any atom is 0.221 e. The molecule has 0 aliphatic rings.